The fourth-order valence-electron chi connectivity index (χ4n) is 0.933. The number of nitrogens with zero attached hydrogens (tertiary/aromatic N) is 4. The van der Waals surface area contributed by atoms with Crippen molar-refractivity contribution in [3.63, 3.8) is 0 Å². The molecule has 0 amide bonds. The van der Waals surface area contributed by atoms with Gasteiger partial charge in [-0.3, -0.25) is 0 Å². The van der Waals surface area contributed by atoms with Gasteiger partial charge in [0.15, 0.2) is 5.15 Å². The molecule has 0 N–H and O–H groups in total. The van der Waals surface area contributed by atoms with Crippen LogP contribution in [0.1, 0.15) is 0 Å². The van der Waals surface area contributed by atoms with Crippen LogP contribution >= 0.6 is 23.2 Å². The van der Waals surface area contributed by atoms with Gasteiger partial charge in [0.25, 0.3) is 0 Å². The molecule has 2 rings (SSSR count). The zero-order valence-electron chi connectivity index (χ0n) is 6.76. The fourth-order valence-corrected chi connectivity index (χ4v) is 1.17. The smallest absolute Gasteiger partial charge is 0.313 e. The van der Waals surface area contributed by atoms with Gasteiger partial charge < -0.3 is 5.21 Å². The van der Waals surface area contributed by atoms with Crippen LogP contribution in [0.25, 0.3) is 5.82 Å². The number of rotatable bonds is 1. The van der Waals surface area contributed by atoms with Gasteiger partial charge in [0.2, 0.25) is 5.82 Å². The quantitative estimate of drug-likeness (QED) is 0.547. The molecule has 5 nitrogen and oxygen atoms in total. The summed E-state index contributed by atoms with van der Waals surface area (Å²) in [6, 6.07) is 4.60. The van der Waals surface area contributed by atoms with Crippen LogP contribution in [-0.4, -0.2) is 14.9 Å². The Labute approximate surface area is 89.1 Å². The van der Waals surface area contributed by atoms with Crippen LogP contribution in [0.3, 0.4) is 0 Å². The Bertz CT molecular complexity index is 470. The van der Waals surface area contributed by atoms with Crippen molar-refractivity contribution in [2.24, 2.45) is 0 Å². The van der Waals surface area contributed by atoms with Gasteiger partial charge in [-0.2, -0.15) is 5.10 Å². The highest BCUT2D eigenvalue weighted by Crippen LogP contribution is 2.08. The largest absolute Gasteiger partial charge is 0.593 e. The van der Waals surface area contributed by atoms with Gasteiger partial charge in [0.1, 0.15) is 0 Å². The third-order valence-electron chi connectivity index (χ3n) is 1.54. The molecule has 0 aliphatic heterocycles. The van der Waals surface area contributed by atoms with E-state index in [4.69, 9.17) is 23.2 Å². The lowest BCUT2D eigenvalue weighted by atomic mass is 10.5. The van der Waals surface area contributed by atoms with Crippen molar-refractivity contribution in [1.29, 1.82) is 0 Å². The molecule has 0 spiro atoms. The molecule has 0 aliphatic rings. The predicted molar refractivity (Wildman–Crippen MR) is 50.3 cm³/mol. The van der Waals surface area contributed by atoms with Crippen molar-refractivity contribution in [3.05, 3.63) is 39.9 Å². The summed E-state index contributed by atoms with van der Waals surface area (Å²) in [4.78, 5) is 0.312. The number of hydrogen-bond donors (Lipinski definition) is 0. The molecule has 2 aromatic heterocycles. The molecule has 0 fully saturated rings. The third-order valence-corrected chi connectivity index (χ3v) is 2.01. The van der Waals surface area contributed by atoms with Crippen LogP contribution in [-0.2, 0) is 0 Å². The van der Waals surface area contributed by atoms with E-state index < -0.39 is 0 Å². The first kappa shape index (κ1) is 9.23. The van der Waals surface area contributed by atoms with Gasteiger partial charge in [0.05, 0.1) is 0 Å². The normalized spacial score (nSPS) is 10.4. The second kappa shape index (κ2) is 3.43. The zero-order chi connectivity index (χ0) is 10.1. The number of hydrogen-bond acceptors (Lipinski definition) is 3. The molecule has 2 aromatic rings. The van der Waals surface area contributed by atoms with Crippen molar-refractivity contribution in [2.45, 2.75) is 0 Å². The van der Waals surface area contributed by atoms with E-state index in [1.54, 1.807) is 18.3 Å². The molecule has 0 bridgehead atoms. The number of halogens is 2. The second-order valence-electron chi connectivity index (χ2n) is 2.47. The van der Waals surface area contributed by atoms with Crippen LogP contribution in [0.15, 0.2) is 24.4 Å². The Morgan fingerprint density at radius 2 is 2.07 bits per heavy atom. The molecular formula is C7H4Cl2N4O. The zero-order valence-corrected chi connectivity index (χ0v) is 8.27. The van der Waals surface area contributed by atoms with E-state index in [0.717, 1.165) is 0 Å². The second-order valence-corrected chi connectivity index (χ2v) is 3.24. The number of aromatic nitrogens is 4. The van der Waals surface area contributed by atoms with Gasteiger partial charge in [0, 0.05) is 17.4 Å². The lowest BCUT2D eigenvalue weighted by Gasteiger charge is -1.99. The molecule has 72 valence electrons. The van der Waals surface area contributed by atoms with E-state index in [2.05, 4.69) is 10.2 Å². The van der Waals surface area contributed by atoms with E-state index in [0.29, 0.717) is 15.8 Å². The summed E-state index contributed by atoms with van der Waals surface area (Å²) in [5, 5.41) is 18.9. The van der Waals surface area contributed by atoms with E-state index >= 15 is 0 Å². The van der Waals surface area contributed by atoms with Crippen LogP contribution in [0.5, 0.6) is 0 Å². The molecule has 0 aliphatic carbocycles. The standard InChI is InChI=1S/C7H4Cl2N4O/c8-5-3-4-12(10-5)7-2-1-6(9)13(14)11-7/h1-4H. The molecule has 14 heavy (non-hydrogen) atoms. The summed E-state index contributed by atoms with van der Waals surface area (Å²) in [6.45, 7) is 0. The molecule has 0 saturated heterocycles. The Balaban J connectivity index is 2.47. The average Bonchev–Trinajstić information content (AvgIpc) is 2.57. The summed E-state index contributed by atoms with van der Waals surface area (Å²) in [7, 11) is 0. The predicted octanol–water partition coefficient (Wildman–Crippen LogP) is 1.21. The first-order chi connectivity index (χ1) is 6.66. The van der Waals surface area contributed by atoms with Crippen molar-refractivity contribution < 1.29 is 4.85 Å². The molecular weight excluding hydrogens is 227 g/mol. The molecule has 0 radical (unpaired) electrons. The molecule has 2 heterocycles. The van der Waals surface area contributed by atoms with E-state index in [1.807, 2.05) is 0 Å². The Morgan fingerprint density at radius 3 is 2.64 bits per heavy atom. The van der Waals surface area contributed by atoms with Gasteiger partial charge in [-0.25, -0.2) is 4.68 Å². The summed E-state index contributed by atoms with van der Waals surface area (Å²) in [6.07, 6.45) is 1.60. The minimum Gasteiger partial charge on any atom is -0.593 e. The maximum absolute atomic E-state index is 11.0. The van der Waals surface area contributed by atoms with Gasteiger partial charge in [-0.15, -0.1) is 0 Å². The van der Waals surface area contributed by atoms with Crippen LogP contribution in [0.2, 0.25) is 10.3 Å². The lowest BCUT2D eigenvalue weighted by Crippen LogP contribution is -2.33. The highest BCUT2D eigenvalue weighted by atomic mass is 35.5. The molecule has 0 unspecified atom stereocenters. The fraction of sp³-hybridized carbons (Fsp3) is 0. The molecule has 0 saturated carbocycles. The molecule has 0 aromatic carbocycles. The van der Waals surface area contributed by atoms with Crippen molar-refractivity contribution in [1.82, 2.24) is 14.9 Å². The maximum atomic E-state index is 11.0. The highest BCUT2D eigenvalue weighted by Gasteiger charge is 2.07. The van der Waals surface area contributed by atoms with Crippen LogP contribution < -0.4 is 4.85 Å². The van der Waals surface area contributed by atoms with Gasteiger partial charge in [-0.05, 0) is 28.6 Å². The SMILES string of the molecule is [O-][n+]1nc(-n2ccc(Cl)n2)ccc1Cl. The molecule has 0 atom stereocenters. The van der Waals surface area contributed by atoms with Crippen molar-refractivity contribution in [2.75, 3.05) is 0 Å². The van der Waals surface area contributed by atoms with Crippen molar-refractivity contribution in [3.8, 4) is 5.82 Å². The highest BCUT2D eigenvalue weighted by molar-refractivity contribution is 6.29. The Hall–Kier alpha value is -1.33. The first-order valence-electron chi connectivity index (χ1n) is 3.65. The van der Waals surface area contributed by atoms with Gasteiger partial charge in [-0.1, -0.05) is 11.6 Å². The van der Waals surface area contributed by atoms with Crippen molar-refractivity contribution >= 4 is 23.2 Å². The van der Waals surface area contributed by atoms with Crippen LogP contribution in [0.4, 0.5) is 0 Å². The Morgan fingerprint density at radius 1 is 1.29 bits per heavy atom. The summed E-state index contributed by atoms with van der Waals surface area (Å²) in [5.41, 5.74) is 0. The van der Waals surface area contributed by atoms with E-state index in [9.17, 15) is 5.21 Å². The van der Waals surface area contributed by atoms with Gasteiger partial charge >= 0.3 is 5.15 Å². The first-order valence-corrected chi connectivity index (χ1v) is 4.40. The molecule has 7 heteroatoms. The Kier molecular flexibility index (Phi) is 2.26. The monoisotopic (exact) mass is 230 g/mol. The summed E-state index contributed by atoms with van der Waals surface area (Å²) >= 11 is 11.1. The minimum atomic E-state index is 0.00648. The van der Waals surface area contributed by atoms with E-state index in [-0.39, 0.29) is 5.15 Å². The third kappa shape index (κ3) is 1.64. The minimum absolute atomic E-state index is 0.00648. The summed E-state index contributed by atoms with van der Waals surface area (Å²) < 4.78 is 1.38. The van der Waals surface area contributed by atoms with E-state index in [1.165, 1.54) is 10.7 Å². The maximum Gasteiger partial charge on any atom is 0.313 e. The average molecular weight is 231 g/mol. The summed E-state index contributed by atoms with van der Waals surface area (Å²) in [5.74, 6) is 0.358. The lowest BCUT2D eigenvalue weighted by molar-refractivity contribution is -0.666. The topological polar surface area (TPSA) is 57.6 Å². The van der Waals surface area contributed by atoms with Crippen LogP contribution in [0, 0.1) is 5.21 Å².